The quantitative estimate of drug-likeness (QED) is 0.538. The van der Waals surface area contributed by atoms with Crippen molar-refractivity contribution in [1.29, 1.82) is 0 Å². The summed E-state index contributed by atoms with van der Waals surface area (Å²) in [6.45, 7) is 2.13. The monoisotopic (exact) mass is 400 g/mol. The van der Waals surface area contributed by atoms with E-state index in [1.165, 1.54) is 28.8 Å². The minimum atomic E-state index is -0.464. The van der Waals surface area contributed by atoms with Crippen LogP contribution < -0.4 is 5.32 Å². The van der Waals surface area contributed by atoms with E-state index in [4.69, 9.17) is 0 Å². The second-order valence-electron chi connectivity index (χ2n) is 6.50. The maximum Gasteiger partial charge on any atom is 0.261 e. The molecule has 2 aromatic carbocycles. The van der Waals surface area contributed by atoms with Crippen molar-refractivity contribution in [1.82, 2.24) is 4.90 Å². The first-order valence-corrected chi connectivity index (χ1v) is 10.2. The number of hydrogen-bond acceptors (Lipinski definition) is 4. The van der Waals surface area contributed by atoms with Crippen LogP contribution in [0.1, 0.15) is 40.5 Å². The standard InChI is InChI=1S/C21H21FN2O3S/c1-14(19(25)23-18-11-5-4-10-17(18)22)28-13-7-6-12-24-20(26)15-8-2-3-9-16(15)21(24)27/h2-5,8-11,14H,6-7,12-13H2,1H3,(H,23,25)/t14-/m1/s1. The van der Waals surface area contributed by atoms with Crippen molar-refractivity contribution in [3.8, 4) is 0 Å². The van der Waals surface area contributed by atoms with Crippen molar-refractivity contribution < 1.29 is 18.8 Å². The van der Waals surface area contributed by atoms with Crippen LogP contribution in [0.3, 0.4) is 0 Å². The molecule has 0 spiro atoms. The predicted molar refractivity (Wildman–Crippen MR) is 108 cm³/mol. The summed E-state index contributed by atoms with van der Waals surface area (Å²) in [6.07, 6.45) is 1.43. The van der Waals surface area contributed by atoms with Gasteiger partial charge in [-0.05, 0) is 49.8 Å². The number of carbonyl (C=O) groups excluding carboxylic acids is 3. The van der Waals surface area contributed by atoms with Crippen molar-refractivity contribution in [2.24, 2.45) is 0 Å². The molecule has 3 rings (SSSR count). The zero-order chi connectivity index (χ0) is 20.1. The maximum absolute atomic E-state index is 13.6. The molecule has 3 amide bonds. The van der Waals surface area contributed by atoms with Gasteiger partial charge < -0.3 is 5.32 Å². The second-order valence-corrected chi connectivity index (χ2v) is 7.95. The van der Waals surface area contributed by atoms with Crippen LogP contribution in [0, 0.1) is 5.82 Å². The van der Waals surface area contributed by atoms with Gasteiger partial charge in [0, 0.05) is 6.54 Å². The van der Waals surface area contributed by atoms with E-state index in [1.54, 1.807) is 43.3 Å². The summed E-state index contributed by atoms with van der Waals surface area (Å²) < 4.78 is 13.6. The second kappa shape index (κ2) is 9.01. The summed E-state index contributed by atoms with van der Waals surface area (Å²) >= 11 is 1.46. The Morgan fingerprint density at radius 3 is 2.29 bits per heavy atom. The molecule has 0 bridgehead atoms. The van der Waals surface area contributed by atoms with E-state index in [9.17, 15) is 18.8 Å². The van der Waals surface area contributed by atoms with Gasteiger partial charge in [0.15, 0.2) is 0 Å². The lowest BCUT2D eigenvalue weighted by Gasteiger charge is -2.14. The van der Waals surface area contributed by atoms with Gasteiger partial charge in [0.2, 0.25) is 5.91 Å². The Morgan fingerprint density at radius 2 is 1.64 bits per heavy atom. The molecule has 0 fully saturated rings. The number of anilines is 1. The van der Waals surface area contributed by atoms with Gasteiger partial charge in [0.1, 0.15) is 5.82 Å². The molecule has 0 aliphatic carbocycles. The van der Waals surface area contributed by atoms with Crippen LogP contribution in [0.15, 0.2) is 48.5 Å². The Morgan fingerprint density at radius 1 is 1.04 bits per heavy atom. The molecular weight excluding hydrogens is 379 g/mol. The van der Waals surface area contributed by atoms with E-state index >= 15 is 0 Å². The Balaban J connectivity index is 1.39. The minimum Gasteiger partial charge on any atom is -0.323 e. The van der Waals surface area contributed by atoms with Gasteiger partial charge in [-0.25, -0.2) is 4.39 Å². The molecule has 146 valence electrons. The zero-order valence-electron chi connectivity index (χ0n) is 15.5. The average Bonchev–Trinajstić information content (AvgIpc) is 2.94. The summed E-state index contributed by atoms with van der Waals surface area (Å²) in [5, 5.41) is 2.25. The predicted octanol–water partition coefficient (Wildman–Crippen LogP) is 3.96. The van der Waals surface area contributed by atoms with Gasteiger partial charge in [0.25, 0.3) is 11.8 Å². The van der Waals surface area contributed by atoms with Gasteiger partial charge in [-0.1, -0.05) is 24.3 Å². The number of thioether (sulfide) groups is 1. The molecule has 7 heteroatoms. The van der Waals surface area contributed by atoms with E-state index in [0.29, 0.717) is 29.8 Å². The molecule has 1 heterocycles. The highest BCUT2D eigenvalue weighted by Crippen LogP contribution is 2.23. The van der Waals surface area contributed by atoms with Gasteiger partial charge in [-0.15, -0.1) is 11.8 Å². The first-order valence-electron chi connectivity index (χ1n) is 9.11. The summed E-state index contributed by atoms with van der Waals surface area (Å²) in [4.78, 5) is 38.0. The lowest BCUT2D eigenvalue weighted by Crippen LogP contribution is -2.30. The van der Waals surface area contributed by atoms with Crippen LogP contribution >= 0.6 is 11.8 Å². The molecule has 2 aromatic rings. The fourth-order valence-corrected chi connectivity index (χ4v) is 3.88. The molecule has 1 aliphatic rings. The number of imide groups is 1. The topological polar surface area (TPSA) is 66.5 Å². The molecule has 0 radical (unpaired) electrons. The number of hydrogen-bond donors (Lipinski definition) is 1. The Kier molecular flexibility index (Phi) is 6.46. The Hall–Kier alpha value is -2.67. The maximum atomic E-state index is 13.6. The lowest BCUT2D eigenvalue weighted by molar-refractivity contribution is -0.115. The van der Waals surface area contributed by atoms with Crippen LogP contribution in [0.25, 0.3) is 0 Å². The van der Waals surface area contributed by atoms with Crippen molar-refractivity contribution >= 4 is 35.2 Å². The number of unbranched alkanes of at least 4 members (excludes halogenated alkanes) is 1. The molecule has 1 atom stereocenters. The molecule has 0 saturated heterocycles. The van der Waals surface area contributed by atoms with Crippen LogP contribution in [0.2, 0.25) is 0 Å². The third-order valence-electron chi connectivity index (χ3n) is 4.52. The fourth-order valence-electron chi connectivity index (χ4n) is 2.95. The molecule has 28 heavy (non-hydrogen) atoms. The van der Waals surface area contributed by atoms with Crippen LogP contribution in [-0.2, 0) is 4.79 Å². The van der Waals surface area contributed by atoms with E-state index in [0.717, 1.165) is 6.42 Å². The minimum absolute atomic E-state index is 0.172. The number of para-hydroxylation sites is 1. The Bertz CT molecular complexity index is 868. The molecule has 0 unspecified atom stereocenters. The van der Waals surface area contributed by atoms with Crippen molar-refractivity contribution in [2.75, 3.05) is 17.6 Å². The third kappa shape index (κ3) is 4.42. The highest BCUT2D eigenvalue weighted by Gasteiger charge is 2.34. The number of rotatable bonds is 8. The SMILES string of the molecule is C[C@@H](SCCCCN1C(=O)c2ccccc2C1=O)C(=O)Nc1ccccc1F. The average molecular weight is 400 g/mol. The zero-order valence-corrected chi connectivity index (χ0v) is 16.3. The van der Waals surface area contributed by atoms with Crippen molar-refractivity contribution in [2.45, 2.75) is 25.0 Å². The van der Waals surface area contributed by atoms with Gasteiger partial charge >= 0.3 is 0 Å². The molecular formula is C21H21FN2O3S. The first kappa shape index (κ1) is 20.1. The van der Waals surface area contributed by atoms with Gasteiger partial charge in [0.05, 0.1) is 22.1 Å². The van der Waals surface area contributed by atoms with E-state index in [1.807, 2.05) is 0 Å². The van der Waals surface area contributed by atoms with Crippen LogP contribution in [0.5, 0.6) is 0 Å². The fraction of sp³-hybridized carbons (Fsp3) is 0.286. The highest BCUT2D eigenvalue weighted by molar-refractivity contribution is 8.00. The summed E-state index contributed by atoms with van der Waals surface area (Å²) in [5.41, 5.74) is 1.09. The van der Waals surface area contributed by atoms with Gasteiger partial charge in [-0.3, -0.25) is 19.3 Å². The first-order chi connectivity index (χ1) is 13.5. The molecule has 1 N–H and O–H groups in total. The number of halogens is 1. The molecule has 5 nitrogen and oxygen atoms in total. The largest absolute Gasteiger partial charge is 0.323 e. The lowest BCUT2D eigenvalue weighted by atomic mass is 10.1. The summed E-state index contributed by atoms with van der Waals surface area (Å²) in [7, 11) is 0. The number of fused-ring (bicyclic) bond motifs is 1. The smallest absolute Gasteiger partial charge is 0.261 e. The number of carbonyl (C=O) groups is 3. The molecule has 1 aliphatic heterocycles. The van der Waals surface area contributed by atoms with Crippen LogP contribution in [-0.4, -0.2) is 40.2 Å². The number of nitrogens with zero attached hydrogens (tertiary/aromatic N) is 1. The molecule has 0 aromatic heterocycles. The van der Waals surface area contributed by atoms with Gasteiger partial charge in [-0.2, -0.15) is 0 Å². The van der Waals surface area contributed by atoms with E-state index in [2.05, 4.69) is 5.32 Å². The highest BCUT2D eigenvalue weighted by atomic mass is 32.2. The van der Waals surface area contributed by atoms with Crippen LogP contribution in [0.4, 0.5) is 10.1 Å². The van der Waals surface area contributed by atoms with E-state index in [-0.39, 0.29) is 28.7 Å². The molecule has 0 saturated carbocycles. The Labute approximate surface area is 167 Å². The summed E-state index contributed by atoms with van der Waals surface area (Å²) in [6, 6.07) is 12.9. The van der Waals surface area contributed by atoms with E-state index < -0.39 is 5.82 Å². The summed E-state index contributed by atoms with van der Waals surface area (Å²) in [5.74, 6) is -0.504. The van der Waals surface area contributed by atoms with Crippen molar-refractivity contribution in [3.05, 3.63) is 65.5 Å². The number of benzene rings is 2. The normalized spacial score (nSPS) is 14.1. The van der Waals surface area contributed by atoms with Crippen molar-refractivity contribution in [3.63, 3.8) is 0 Å². The number of amides is 3. The number of nitrogens with one attached hydrogen (secondary N) is 1. The third-order valence-corrected chi connectivity index (χ3v) is 5.76.